The number of carbonyl (C=O) groups excluding carboxylic acids is 1. The fraction of sp³-hybridized carbons (Fsp3) is 0.828. The van der Waals surface area contributed by atoms with Crippen molar-refractivity contribution in [2.24, 2.45) is 0 Å². The van der Waals surface area contributed by atoms with Crippen LogP contribution in [0.2, 0.25) is 0 Å². The van der Waals surface area contributed by atoms with Crippen molar-refractivity contribution in [3.8, 4) is 5.88 Å². The highest BCUT2D eigenvalue weighted by Crippen LogP contribution is 2.32. The van der Waals surface area contributed by atoms with Gasteiger partial charge in [0.1, 0.15) is 12.2 Å². The summed E-state index contributed by atoms with van der Waals surface area (Å²) in [6.45, 7) is 9.01. The Morgan fingerprint density at radius 2 is 1.58 bits per heavy atom. The maximum Gasteiger partial charge on any atom is 0.310 e. The van der Waals surface area contributed by atoms with Crippen LogP contribution in [0.5, 0.6) is 5.88 Å². The molecule has 1 aromatic heterocycles. The molecule has 0 spiro atoms. The lowest BCUT2D eigenvalue weighted by Crippen LogP contribution is -2.56. The molecule has 2 rings (SSSR count). The highest BCUT2D eigenvalue weighted by atomic mass is 32.1. The van der Waals surface area contributed by atoms with Gasteiger partial charge in [0.25, 0.3) is 5.88 Å². The Morgan fingerprint density at radius 3 is 2.25 bits per heavy atom. The van der Waals surface area contributed by atoms with Crippen LogP contribution in [0.15, 0.2) is 6.08 Å². The van der Waals surface area contributed by atoms with Crippen molar-refractivity contribution in [2.75, 3.05) is 26.7 Å². The van der Waals surface area contributed by atoms with Crippen LogP contribution in [-0.4, -0.2) is 52.2 Å². The number of hydrogen-bond donors (Lipinski definition) is 0. The Labute approximate surface area is 224 Å². The van der Waals surface area contributed by atoms with Gasteiger partial charge in [0.2, 0.25) is 6.23 Å². The summed E-state index contributed by atoms with van der Waals surface area (Å²) in [5.74, 6) is 0.610. The summed E-state index contributed by atoms with van der Waals surface area (Å²) in [5.41, 5.74) is 2.03. The van der Waals surface area contributed by atoms with Crippen molar-refractivity contribution >= 4 is 23.3 Å². The molecule has 0 radical (unpaired) electrons. The van der Waals surface area contributed by atoms with E-state index in [1.807, 2.05) is 0 Å². The zero-order valence-electron chi connectivity index (χ0n) is 23.6. The zero-order valence-corrected chi connectivity index (χ0v) is 24.4. The third kappa shape index (κ3) is 10.9. The smallest absolute Gasteiger partial charge is 0.310 e. The minimum Gasteiger partial charge on any atom is -0.475 e. The maximum absolute atomic E-state index is 12.7. The Morgan fingerprint density at radius 1 is 0.944 bits per heavy atom. The van der Waals surface area contributed by atoms with Gasteiger partial charge in [-0.25, -0.2) is 0 Å². The molecule has 0 bridgehead atoms. The first-order chi connectivity index (χ1) is 17.5. The molecule has 1 aliphatic heterocycles. The third-order valence-corrected chi connectivity index (χ3v) is 7.87. The van der Waals surface area contributed by atoms with E-state index in [1.54, 1.807) is 0 Å². The van der Waals surface area contributed by atoms with Crippen molar-refractivity contribution in [3.05, 3.63) is 11.8 Å². The van der Waals surface area contributed by atoms with Crippen LogP contribution in [0, 0.1) is 0 Å². The molecule has 6 nitrogen and oxygen atoms in total. The Kier molecular flexibility index (Phi) is 15.3. The molecule has 206 valence electrons. The second-order valence-electron chi connectivity index (χ2n) is 10.6. The number of nitrogens with zero attached hydrogens (tertiary/aromatic N) is 3. The zero-order chi connectivity index (χ0) is 26.1. The fourth-order valence-electron chi connectivity index (χ4n) is 5.09. The van der Waals surface area contributed by atoms with Crippen molar-refractivity contribution in [1.82, 2.24) is 8.75 Å². The van der Waals surface area contributed by atoms with Crippen LogP contribution in [0.3, 0.4) is 0 Å². The van der Waals surface area contributed by atoms with Crippen LogP contribution in [-0.2, 0) is 9.53 Å². The van der Waals surface area contributed by atoms with Gasteiger partial charge in [-0.15, -0.1) is 4.37 Å². The molecule has 2 unspecified atom stereocenters. The Balaban J connectivity index is 1.79. The van der Waals surface area contributed by atoms with Gasteiger partial charge in [-0.1, -0.05) is 97.5 Å². The summed E-state index contributed by atoms with van der Waals surface area (Å²) >= 11 is 1.21. The van der Waals surface area contributed by atoms with E-state index in [4.69, 9.17) is 9.47 Å². The predicted octanol–water partition coefficient (Wildman–Crippen LogP) is 7.93. The van der Waals surface area contributed by atoms with Crippen molar-refractivity contribution < 1.29 is 18.8 Å². The van der Waals surface area contributed by atoms with Gasteiger partial charge in [-0.3, -0.25) is 9.28 Å². The van der Waals surface area contributed by atoms with Gasteiger partial charge in [0.05, 0.1) is 31.9 Å². The molecule has 0 aromatic carbocycles. The number of ether oxygens (including phenoxy) is 2. The SMILES string of the molecule is CCCCCCCCCCCC(=O)OC(CC)[N+]1(C)CCC=C(c2nsnc2OCCCCCC)C1. The van der Waals surface area contributed by atoms with Gasteiger partial charge >= 0.3 is 5.97 Å². The molecule has 0 aliphatic carbocycles. The minimum atomic E-state index is -0.134. The summed E-state index contributed by atoms with van der Waals surface area (Å²) < 4.78 is 21.7. The third-order valence-electron chi connectivity index (χ3n) is 7.36. The van der Waals surface area contributed by atoms with E-state index in [2.05, 4.69) is 42.6 Å². The molecule has 1 aromatic rings. The van der Waals surface area contributed by atoms with Gasteiger partial charge in [0, 0.05) is 24.8 Å². The molecule has 1 aliphatic rings. The van der Waals surface area contributed by atoms with Crippen LogP contribution in [0.1, 0.15) is 129 Å². The molecule has 0 N–H and O–H groups in total. The number of carbonyl (C=O) groups is 1. The lowest BCUT2D eigenvalue weighted by Gasteiger charge is -2.42. The van der Waals surface area contributed by atoms with Crippen molar-refractivity contribution in [3.63, 3.8) is 0 Å². The molecule has 7 heteroatoms. The normalized spacial score (nSPS) is 18.6. The van der Waals surface area contributed by atoms with Crippen LogP contribution < -0.4 is 4.74 Å². The number of hydrogen-bond acceptors (Lipinski definition) is 6. The molecule has 2 atom stereocenters. The van der Waals surface area contributed by atoms with Crippen molar-refractivity contribution in [1.29, 1.82) is 0 Å². The number of aromatic nitrogens is 2. The van der Waals surface area contributed by atoms with E-state index in [0.29, 0.717) is 23.4 Å². The number of esters is 1. The molecule has 2 heterocycles. The van der Waals surface area contributed by atoms with Crippen LogP contribution in [0.4, 0.5) is 0 Å². The summed E-state index contributed by atoms with van der Waals surface area (Å²) in [5, 5.41) is 0. The first-order valence-corrected chi connectivity index (χ1v) is 15.5. The standard InChI is InChI=1S/C29H52N3O3S/c1-5-8-10-12-13-14-15-16-17-21-27(33)35-26(7-3)32(4)22-19-20-25(24-32)28-29(31-36-30-28)34-23-18-11-9-6-2/h20,26H,5-19,21-24H2,1-4H3/q+1. The molecule has 0 saturated heterocycles. The van der Waals surface area contributed by atoms with E-state index in [9.17, 15) is 4.79 Å². The lowest BCUT2D eigenvalue weighted by molar-refractivity contribution is -0.947. The van der Waals surface area contributed by atoms with E-state index in [0.717, 1.165) is 56.5 Å². The Bertz CT molecular complexity index is 767. The van der Waals surface area contributed by atoms with E-state index in [1.165, 1.54) is 75.9 Å². The quantitative estimate of drug-likeness (QED) is 0.0988. The van der Waals surface area contributed by atoms with Crippen LogP contribution in [0.25, 0.3) is 5.57 Å². The predicted molar refractivity (Wildman–Crippen MR) is 150 cm³/mol. The van der Waals surface area contributed by atoms with E-state index >= 15 is 0 Å². The van der Waals surface area contributed by atoms with E-state index in [-0.39, 0.29) is 12.2 Å². The number of unbranched alkanes of at least 4 members (excludes halogenated alkanes) is 11. The van der Waals surface area contributed by atoms with Gasteiger partial charge in [-0.05, 0) is 12.8 Å². The molecule has 0 amide bonds. The van der Waals surface area contributed by atoms with E-state index < -0.39 is 0 Å². The number of rotatable bonds is 20. The van der Waals surface area contributed by atoms with Gasteiger partial charge in [0.15, 0.2) is 0 Å². The average Bonchev–Trinajstić information content (AvgIpc) is 3.34. The highest BCUT2D eigenvalue weighted by Gasteiger charge is 2.38. The second-order valence-corrected chi connectivity index (χ2v) is 11.2. The lowest BCUT2D eigenvalue weighted by atomic mass is 10.0. The Hall–Kier alpha value is -1.47. The second kappa shape index (κ2) is 17.9. The summed E-state index contributed by atoms with van der Waals surface area (Å²) in [6, 6.07) is 0. The minimum absolute atomic E-state index is 0.0494. The largest absolute Gasteiger partial charge is 0.475 e. The fourth-order valence-corrected chi connectivity index (χ4v) is 5.63. The maximum atomic E-state index is 12.7. The first-order valence-electron chi connectivity index (χ1n) is 14.7. The average molecular weight is 523 g/mol. The molecular formula is C29H52N3O3S+. The summed E-state index contributed by atoms with van der Waals surface area (Å²) in [4.78, 5) is 12.7. The first kappa shape index (κ1) is 30.8. The molecule has 36 heavy (non-hydrogen) atoms. The summed E-state index contributed by atoms with van der Waals surface area (Å²) in [7, 11) is 2.21. The molecular weight excluding hydrogens is 470 g/mol. The number of quaternary nitrogens is 1. The highest BCUT2D eigenvalue weighted by molar-refractivity contribution is 6.99. The van der Waals surface area contributed by atoms with Crippen LogP contribution >= 0.6 is 11.7 Å². The number of likely N-dealkylation sites (N-methyl/N-ethyl adjacent to an activating group) is 1. The molecule has 0 fully saturated rings. The summed E-state index contributed by atoms with van der Waals surface area (Å²) in [6.07, 6.45) is 20.4. The molecule has 0 saturated carbocycles. The van der Waals surface area contributed by atoms with Crippen molar-refractivity contribution in [2.45, 2.75) is 130 Å². The monoisotopic (exact) mass is 522 g/mol. The van der Waals surface area contributed by atoms with Gasteiger partial charge in [-0.2, -0.15) is 4.37 Å². The van der Waals surface area contributed by atoms with Gasteiger partial charge < -0.3 is 9.47 Å². The topological polar surface area (TPSA) is 61.3 Å².